The maximum atomic E-state index is 11.0. The molecule has 1 rings (SSSR count). The topological polar surface area (TPSA) is 65.8 Å². The number of rotatable bonds is 3. The summed E-state index contributed by atoms with van der Waals surface area (Å²) in [6, 6.07) is 3.64. The molecule has 0 atom stereocenters. The van der Waals surface area contributed by atoms with E-state index in [-0.39, 0.29) is 12.3 Å². The number of nitriles is 1. The summed E-state index contributed by atoms with van der Waals surface area (Å²) in [5.74, 6) is -0.247. The number of carbonyl (C=O) groups is 1. The molecule has 0 bridgehead atoms. The van der Waals surface area contributed by atoms with E-state index in [0.717, 1.165) is 11.1 Å². The average molecular weight is 189 g/mol. The van der Waals surface area contributed by atoms with Crippen LogP contribution in [0.3, 0.4) is 0 Å². The lowest BCUT2D eigenvalue weighted by Gasteiger charge is -2.05. The van der Waals surface area contributed by atoms with Gasteiger partial charge in [-0.1, -0.05) is 0 Å². The van der Waals surface area contributed by atoms with E-state index in [2.05, 4.69) is 10.3 Å². The van der Waals surface area contributed by atoms with Crippen molar-refractivity contribution in [2.45, 2.75) is 19.9 Å². The maximum Gasteiger partial charge on any atom is 0.234 e. The summed E-state index contributed by atoms with van der Waals surface area (Å²) >= 11 is 0. The quantitative estimate of drug-likeness (QED) is 0.768. The molecule has 4 nitrogen and oxygen atoms in total. The molecule has 4 heteroatoms. The number of amides is 1. The normalized spacial score (nSPS) is 9.14. The van der Waals surface area contributed by atoms with Crippen LogP contribution in [0.15, 0.2) is 18.5 Å². The Kier molecular flexibility index (Phi) is 3.62. The highest BCUT2D eigenvalue weighted by Gasteiger charge is 2.01. The molecule has 0 saturated carbocycles. The molecule has 0 radical (unpaired) electrons. The lowest BCUT2D eigenvalue weighted by molar-refractivity contribution is -0.120. The zero-order valence-electron chi connectivity index (χ0n) is 7.95. The molecule has 1 aromatic rings. The van der Waals surface area contributed by atoms with E-state index in [9.17, 15) is 4.79 Å². The van der Waals surface area contributed by atoms with Crippen molar-refractivity contribution < 1.29 is 4.79 Å². The van der Waals surface area contributed by atoms with Crippen LogP contribution in [0.1, 0.15) is 17.5 Å². The molecule has 0 saturated heterocycles. The molecule has 14 heavy (non-hydrogen) atoms. The van der Waals surface area contributed by atoms with Gasteiger partial charge >= 0.3 is 0 Å². The summed E-state index contributed by atoms with van der Waals surface area (Å²) in [5.41, 5.74) is 2.05. The third-order valence-electron chi connectivity index (χ3n) is 1.85. The van der Waals surface area contributed by atoms with E-state index in [1.54, 1.807) is 18.5 Å². The van der Waals surface area contributed by atoms with Crippen molar-refractivity contribution in [3.8, 4) is 6.07 Å². The van der Waals surface area contributed by atoms with Crippen molar-refractivity contribution in [3.05, 3.63) is 29.6 Å². The number of aromatic nitrogens is 1. The van der Waals surface area contributed by atoms with Gasteiger partial charge in [-0.3, -0.25) is 9.78 Å². The molecular formula is C10H11N3O. The highest BCUT2D eigenvalue weighted by atomic mass is 16.1. The first-order valence-corrected chi connectivity index (χ1v) is 4.27. The second-order valence-electron chi connectivity index (χ2n) is 2.91. The predicted molar refractivity (Wildman–Crippen MR) is 51.1 cm³/mol. The first kappa shape index (κ1) is 10.2. The molecule has 1 heterocycles. The van der Waals surface area contributed by atoms with Crippen molar-refractivity contribution in [2.24, 2.45) is 0 Å². The zero-order valence-corrected chi connectivity index (χ0v) is 7.95. The van der Waals surface area contributed by atoms with E-state index in [4.69, 9.17) is 5.26 Å². The van der Waals surface area contributed by atoms with Gasteiger partial charge in [0, 0.05) is 18.9 Å². The van der Waals surface area contributed by atoms with Gasteiger partial charge < -0.3 is 5.32 Å². The summed E-state index contributed by atoms with van der Waals surface area (Å²) in [5, 5.41) is 10.9. The highest BCUT2D eigenvalue weighted by molar-refractivity contribution is 5.77. The van der Waals surface area contributed by atoms with Gasteiger partial charge in [0.15, 0.2) is 0 Å². The summed E-state index contributed by atoms with van der Waals surface area (Å²) in [4.78, 5) is 14.9. The van der Waals surface area contributed by atoms with Crippen LogP contribution in [0.4, 0.5) is 0 Å². The van der Waals surface area contributed by atoms with Crippen LogP contribution in [-0.2, 0) is 11.3 Å². The van der Waals surface area contributed by atoms with Crippen LogP contribution >= 0.6 is 0 Å². The minimum Gasteiger partial charge on any atom is -0.351 e. The molecule has 0 aliphatic heterocycles. The molecule has 1 aromatic heterocycles. The number of hydrogen-bond donors (Lipinski definition) is 1. The second kappa shape index (κ2) is 4.97. The number of aryl methyl sites for hydroxylation is 1. The third kappa shape index (κ3) is 2.87. The highest BCUT2D eigenvalue weighted by Crippen LogP contribution is 2.03. The third-order valence-corrected chi connectivity index (χ3v) is 1.85. The maximum absolute atomic E-state index is 11.0. The average Bonchev–Trinajstić information content (AvgIpc) is 2.17. The molecule has 1 amide bonds. The minimum absolute atomic E-state index is 0.0931. The number of pyridine rings is 1. The Balaban J connectivity index is 2.51. The molecule has 0 spiro atoms. The Labute approximate surface area is 82.6 Å². The van der Waals surface area contributed by atoms with E-state index in [1.165, 1.54) is 0 Å². The first-order chi connectivity index (χ1) is 6.74. The van der Waals surface area contributed by atoms with Gasteiger partial charge in [0.2, 0.25) is 5.91 Å². The van der Waals surface area contributed by atoms with Gasteiger partial charge in [-0.2, -0.15) is 5.26 Å². The first-order valence-electron chi connectivity index (χ1n) is 4.27. The van der Waals surface area contributed by atoms with Crippen molar-refractivity contribution in [1.82, 2.24) is 10.3 Å². The standard InChI is InChI=1S/C10H11N3O/c1-8-6-12-5-3-9(8)7-13-10(14)2-4-11/h3,5-6H,2,7H2,1H3,(H,13,14). The lowest BCUT2D eigenvalue weighted by Crippen LogP contribution is -2.22. The number of nitrogens with one attached hydrogen (secondary N) is 1. The minimum atomic E-state index is -0.247. The van der Waals surface area contributed by atoms with Gasteiger partial charge in [-0.15, -0.1) is 0 Å². The van der Waals surface area contributed by atoms with E-state index in [0.29, 0.717) is 6.54 Å². The van der Waals surface area contributed by atoms with Crippen molar-refractivity contribution in [3.63, 3.8) is 0 Å². The Bertz CT molecular complexity index is 368. The molecule has 0 fully saturated rings. The summed E-state index contributed by atoms with van der Waals surface area (Å²) in [7, 11) is 0. The Morgan fingerprint density at radius 1 is 1.71 bits per heavy atom. The smallest absolute Gasteiger partial charge is 0.234 e. The van der Waals surface area contributed by atoms with Gasteiger partial charge in [0.1, 0.15) is 6.42 Å². The summed E-state index contributed by atoms with van der Waals surface area (Å²) < 4.78 is 0. The molecular weight excluding hydrogens is 178 g/mol. The van der Waals surface area contributed by atoms with E-state index >= 15 is 0 Å². The van der Waals surface area contributed by atoms with Crippen LogP contribution < -0.4 is 5.32 Å². The fourth-order valence-corrected chi connectivity index (χ4v) is 1.03. The van der Waals surface area contributed by atoms with Crippen molar-refractivity contribution >= 4 is 5.91 Å². The second-order valence-corrected chi connectivity index (χ2v) is 2.91. The molecule has 0 unspecified atom stereocenters. The Morgan fingerprint density at radius 3 is 3.14 bits per heavy atom. The van der Waals surface area contributed by atoms with Crippen LogP contribution in [0.25, 0.3) is 0 Å². The lowest BCUT2D eigenvalue weighted by atomic mass is 10.1. The molecule has 0 aromatic carbocycles. The SMILES string of the molecule is Cc1cnccc1CNC(=O)CC#N. The number of nitrogens with zero attached hydrogens (tertiary/aromatic N) is 2. The number of hydrogen-bond acceptors (Lipinski definition) is 3. The van der Waals surface area contributed by atoms with E-state index in [1.807, 2.05) is 13.0 Å². The van der Waals surface area contributed by atoms with Crippen LogP contribution in [0, 0.1) is 18.3 Å². The van der Waals surface area contributed by atoms with Crippen LogP contribution in [0.2, 0.25) is 0 Å². The van der Waals surface area contributed by atoms with E-state index < -0.39 is 0 Å². The Hall–Kier alpha value is -1.89. The van der Waals surface area contributed by atoms with Crippen LogP contribution in [0.5, 0.6) is 0 Å². The van der Waals surface area contributed by atoms with Crippen molar-refractivity contribution in [1.29, 1.82) is 5.26 Å². The van der Waals surface area contributed by atoms with Gasteiger partial charge in [-0.25, -0.2) is 0 Å². The van der Waals surface area contributed by atoms with Crippen molar-refractivity contribution in [2.75, 3.05) is 0 Å². The zero-order chi connectivity index (χ0) is 10.4. The fraction of sp³-hybridized carbons (Fsp3) is 0.300. The van der Waals surface area contributed by atoms with Crippen LogP contribution in [-0.4, -0.2) is 10.9 Å². The molecule has 0 aliphatic rings. The predicted octanol–water partition coefficient (Wildman–Crippen LogP) is 0.920. The molecule has 0 aliphatic carbocycles. The fourth-order valence-electron chi connectivity index (χ4n) is 1.03. The van der Waals surface area contributed by atoms with Gasteiger partial charge in [0.05, 0.1) is 6.07 Å². The number of carbonyl (C=O) groups excluding carboxylic acids is 1. The van der Waals surface area contributed by atoms with Gasteiger partial charge in [-0.05, 0) is 24.1 Å². The molecule has 1 N–H and O–H groups in total. The largest absolute Gasteiger partial charge is 0.351 e. The Morgan fingerprint density at radius 2 is 2.50 bits per heavy atom. The summed E-state index contributed by atoms with van der Waals surface area (Å²) in [6.07, 6.45) is 3.33. The monoisotopic (exact) mass is 189 g/mol. The molecule has 72 valence electrons. The summed E-state index contributed by atoms with van der Waals surface area (Å²) in [6.45, 7) is 2.38. The van der Waals surface area contributed by atoms with Gasteiger partial charge in [0.25, 0.3) is 0 Å².